The number of aryl methyl sites for hydroxylation is 1. The molecule has 26 heavy (non-hydrogen) atoms. The Balaban J connectivity index is 2.19. The van der Waals surface area contributed by atoms with Crippen LogP contribution in [-0.2, 0) is 14.8 Å². The van der Waals surface area contributed by atoms with Crippen LogP contribution in [0, 0.1) is 12.8 Å². The molecule has 1 amide bonds. The number of amides is 1. The molecule has 0 radical (unpaired) electrons. The van der Waals surface area contributed by atoms with Gasteiger partial charge in [0, 0.05) is 5.92 Å². The van der Waals surface area contributed by atoms with Gasteiger partial charge < -0.3 is 4.42 Å². The molecule has 0 aliphatic carbocycles. The van der Waals surface area contributed by atoms with E-state index in [-0.39, 0.29) is 10.6 Å². The first kappa shape index (κ1) is 18.3. The normalized spacial score (nSPS) is 11.8. The first-order valence-corrected chi connectivity index (χ1v) is 10.2. The molecule has 1 aromatic heterocycles. The molecular weight excluding hydrogens is 374 g/mol. The predicted octanol–water partition coefficient (Wildman–Crippen LogP) is 3.54. The van der Waals surface area contributed by atoms with Gasteiger partial charge >= 0.3 is 4.94 Å². The Morgan fingerprint density at radius 2 is 1.77 bits per heavy atom. The van der Waals surface area contributed by atoms with Gasteiger partial charge in [0.05, 0.1) is 15.3 Å². The molecule has 0 fully saturated rings. The number of rotatable bonds is 4. The van der Waals surface area contributed by atoms with Crippen molar-refractivity contribution in [2.24, 2.45) is 5.92 Å². The molecule has 3 rings (SSSR count). The molecule has 8 heteroatoms. The zero-order chi connectivity index (χ0) is 19.1. The number of carbonyl (C=O) groups is 1. The third-order valence-corrected chi connectivity index (χ3v) is 6.33. The molecule has 1 heterocycles. The van der Waals surface area contributed by atoms with Crippen LogP contribution in [0.15, 0.2) is 56.6 Å². The third kappa shape index (κ3) is 3.30. The zero-order valence-corrected chi connectivity index (χ0v) is 16.1. The highest BCUT2D eigenvalue weighted by Gasteiger charge is 2.32. The van der Waals surface area contributed by atoms with Gasteiger partial charge in [-0.05, 0) is 37.3 Å². The Bertz CT molecular complexity index is 1120. The van der Waals surface area contributed by atoms with E-state index in [0.29, 0.717) is 10.3 Å². The lowest BCUT2D eigenvalue weighted by atomic mass is 10.2. The molecule has 0 saturated carbocycles. The fraction of sp³-hybridized carbons (Fsp3) is 0.222. The minimum atomic E-state index is -4.10. The van der Waals surface area contributed by atoms with E-state index in [1.165, 1.54) is 30.3 Å². The van der Waals surface area contributed by atoms with Crippen LogP contribution in [-0.4, -0.2) is 14.3 Å². The summed E-state index contributed by atoms with van der Waals surface area (Å²) in [5.74, 6) is -1.09. The number of anilines is 1. The first-order valence-electron chi connectivity index (χ1n) is 7.89. The molecular formula is C18H17NO5S2. The largest absolute Gasteiger partial charge is 0.414 e. The van der Waals surface area contributed by atoms with Crippen LogP contribution in [0.25, 0.3) is 10.3 Å². The van der Waals surface area contributed by atoms with Crippen molar-refractivity contribution in [3.63, 3.8) is 0 Å². The van der Waals surface area contributed by atoms with Crippen molar-refractivity contribution in [1.29, 1.82) is 0 Å². The molecule has 0 N–H and O–H groups in total. The minimum absolute atomic E-state index is 0.0255. The smallest absolute Gasteiger partial charge is 0.396 e. The van der Waals surface area contributed by atoms with Crippen molar-refractivity contribution < 1.29 is 17.6 Å². The van der Waals surface area contributed by atoms with E-state index >= 15 is 0 Å². The van der Waals surface area contributed by atoms with Crippen LogP contribution in [0.2, 0.25) is 0 Å². The SMILES string of the molecule is Cc1ccc(S(=O)(=O)N(C(=O)C(C)C)c2ccc3oc(=O)sc3c2)cc1. The van der Waals surface area contributed by atoms with Gasteiger partial charge in [0.25, 0.3) is 10.0 Å². The maximum absolute atomic E-state index is 13.2. The predicted molar refractivity (Wildman–Crippen MR) is 101 cm³/mol. The number of hydrogen-bond acceptors (Lipinski definition) is 6. The first-order chi connectivity index (χ1) is 12.2. The van der Waals surface area contributed by atoms with Crippen LogP contribution in [0.3, 0.4) is 0 Å². The average Bonchev–Trinajstić information content (AvgIpc) is 2.94. The lowest BCUT2D eigenvalue weighted by Gasteiger charge is -2.24. The van der Waals surface area contributed by atoms with Crippen LogP contribution in [0.5, 0.6) is 0 Å². The Hall–Kier alpha value is -2.45. The van der Waals surface area contributed by atoms with E-state index < -0.39 is 26.8 Å². The number of carbonyl (C=O) groups excluding carboxylic acids is 1. The van der Waals surface area contributed by atoms with Gasteiger partial charge in [-0.2, -0.15) is 0 Å². The molecule has 0 saturated heterocycles. The van der Waals surface area contributed by atoms with Gasteiger partial charge in [-0.15, -0.1) is 0 Å². The summed E-state index contributed by atoms with van der Waals surface area (Å²) < 4.78 is 32.6. The molecule has 0 aliphatic heterocycles. The van der Waals surface area contributed by atoms with Crippen LogP contribution in [0.4, 0.5) is 5.69 Å². The Kier molecular flexibility index (Phi) is 4.72. The average molecular weight is 391 g/mol. The number of hydrogen-bond donors (Lipinski definition) is 0. The lowest BCUT2D eigenvalue weighted by molar-refractivity contribution is -0.120. The minimum Gasteiger partial charge on any atom is -0.414 e. The summed E-state index contributed by atoms with van der Waals surface area (Å²) in [4.78, 5) is 23.7. The molecule has 0 bridgehead atoms. The summed E-state index contributed by atoms with van der Waals surface area (Å²) in [5.41, 5.74) is 1.44. The van der Waals surface area contributed by atoms with E-state index in [4.69, 9.17) is 4.42 Å². The number of sulfonamides is 1. The van der Waals surface area contributed by atoms with Crippen molar-refractivity contribution in [3.05, 3.63) is 57.8 Å². The van der Waals surface area contributed by atoms with Crippen molar-refractivity contribution in [3.8, 4) is 0 Å². The number of fused-ring (bicyclic) bond motifs is 1. The van der Waals surface area contributed by atoms with Crippen molar-refractivity contribution >= 4 is 43.2 Å². The maximum Gasteiger partial charge on any atom is 0.396 e. The van der Waals surface area contributed by atoms with Crippen molar-refractivity contribution in [1.82, 2.24) is 0 Å². The quantitative estimate of drug-likeness (QED) is 0.679. The zero-order valence-electron chi connectivity index (χ0n) is 14.4. The van der Waals surface area contributed by atoms with E-state index in [0.717, 1.165) is 21.2 Å². The Morgan fingerprint density at radius 3 is 2.38 bits per heavy atom. The second-order valence-electron chi connectivity index (χ2n) is 6.16. The molecule has 0 spiro atoms. The standard InChI is InChI=1S/C18H17NO5S2/c1-11(2)17(20)19(26(22,23)14-7-4-12(3)5-8-14)13-6-9-15-16(10-13)25-18(21)24-15/h4-11H,1-3H3. The fourth-order valence-electron chi connectivity index (χ4n) is 2.42. The number of benzene rings is 2. The van der Waals surface area contributed by atoms with Gasteiger partial charge in [-0.1, -0.05) is 42.9 Å². The van der Waals surface area contributed by atoms with E-state index in [1.807, 2.05) is 6.92 Å². The van der Waals surface area contributed by atoms with Gasteiger partial charge in [0.1, 0.15) is 5.58 Å². The maximum atomic E-state index is 13.2. The molecule has 136 valence electrons. The molecule has 3 aromatic rings. The van der Waals surface area contributed by atoms with E-state index in [2.05, 4.69) is 0 Å². The molecule has 0 atom stereocenters. The second kappa shape index (κ2) is 6.69. The highest BCUT2D eigenvalue weighted by atomic mass is 32.2. The summed E-state index contributed by atoms with van der Waals surface area (Å²) in [6, 6.07) is 10.7. The van der Waals surface area contributed by atoms with Crippen LogP contribution >= 0.6 is 11.3 Å². The van der Waals surface area contributed by atoms with Gasteiger partial charge in [-0.25, -0.2) is 17.5 Å². The molecule has 6 nitrogen and oxygen atoms in total. The van der Waals surface area contributed by atoms with Crippen molar-refractivity contribution in [2.45, 2.75) is 25.7 Å². The van der Waals surface area contributed by atoms with E-state index in [9.17, 15) is 18.0 Å². The summed E-state index contributed by atoms with van der Waals surface area (Å²) in [6.45, 7) is 5.12. The molecule has 2 aromatic carbocycles. The monoisotopic (exact) mass is 391 g/mol. The van der Waals surface area contributed by atoms with Crippen LogP contribution in [0.1, 0.15) is 19.4 Å². The van der Waals surface area contributed by atoms with Gasteiger partial charge in [0.2, 0.25) is 5.91 Å². The van der Waals surface area contributed by atoms with Crippen LogP contribution < -0.4 is 9.24 Å². The summed E-state index contributed by atoms with van der Waals surface area (Å²) in [6.07, 6.45) is 0. The fourth-order valence-corrected chi connectivity index (χ4v) is 4.65. The lowest BCUT2D eigenvalue weighted by Crippen LogP contribution is -2.39. The summed E-state index contributed by atoms with van der Waals surface area (Å²) in [7, 11) is -4.10. The van der Waals surface area contributed by atoms with Crippen molar-refractivity contribution in [2.75, 3.05) is 4.31 Å². The Labute approximate surface area is 154 Å². The highest BCUT2D eigenvalue weighted by Crippen LogP contribution is 2.30. The highest BCUT2D eigenvalue weighted by molar-refractivity contribution is 7.93. The molecule has 0 aliphatic rings. The van der Waals surface area contributed by atoms with E-state index in [1.54, 1.807) is 26.0 Å². The summed E-state index contributed by atoms with van der Waals surface area (Å²) in [5, 5.41) is 0. The topological polar surface area (TPSA) is 84.7 Å². The molecule has 0 unspecified atom stereocenters. The third-order valence-electron chi connectivity index (χ3n) is 3.80. The van der Waals surface area contributed by atoms with Gasteiger partial charge in [-0.3, -0.25) is 4.79 Å². The van der Waals surface area contributed by atoms with Gasteiger partial charge in [0.15, 0.2) is 0 Å². The summed E-state index contributed by atoms with van der Waals surface area (Å²) >= 11 is 0.857. The second-order valence-corrected chi connectivity index (χ2v) is 8.92. The number of nitrogens with zero attached hydrogens (tertiary/aromatic N) is 1. The Morgan fingerprint density at radius 1 is 1.12 bits per heavy atom.